The van der Waals surface area contributed by atoms with Crippen molar-refractivity contribution in [2.75, 3.05) is 11.5 Å². The number of aromatic nitrogens is 1. The van der Waals surface area contributed by atoms with Gasteiger partial charge in [0.1, 0.15) is 23.3 Å². The van der Waals surface area contributed by atoms with Gasteiger partial charge in [-0.05, 0) is 79.8 Å². The third-order valence-corrected chi connectivity index (χ3v) is 5.82. The number of nitrogens with one attached hydrogen (secondary N) is 1. The molecule has 1 aliphatic heterocycles. The van der Waals surface area contributed by atoms with Crippen LogP contribution in [-0.2, 0) is 0 Å². The molecule has 6 heteroatoms. The van der Waals surface area contributed by atoms with Gasteiger partial charge in [-0.15, -0.1) is 0 Å². The van der Waals surface area contributed by atoms with Crippen molar-refractivity contribution in [1.82, 2.24) is 10.3 Å². The van der Waals surface area contributed by atoms with E-state index >= 15 is 0 Å². The number of hydrogen-bond donors (Lipinski definition) is 1. The molecule has 0 aliphatic carbocycles. The monoisotopic (exact) mass is 441 g/mol. The van der Waals surface area contributed by atoms with Crippen molar-refractivity contribution in [2.24, 2.45) is 0 Å². The number of rotatable bonds is 6. The van der Waals surface area contributed by atoms with E-state index in [4.69, 9.17) is 21.4 Å². The standard InChI is InChI=1S/C26H23N3O2S/c1-2-30-20-13-11-18(12-14-20)22-15-16-23(31-22)25-24(21-10-6-7-17-27-21)28-26(32)29(25)19-8-4-3-5-9-19/h3-17,24-25H,2H2,1H3,(H,28,32)/t24-,25+/m1/s1. The van der Waals surface area contributed by atoms with Crippen molar-refractivity contribution >= 4 is 23.0 Å². The molecule has 3 heterocycles. The van der Waals surface area contributed by atoms with Gasteiger partial charge in [0, 0.05) is 17.4 Å². The van der Waals surface area contributed by atoms with Crippen molar-refractivity contribution in [3.8, 4) is 17.1 Å². The lowest BCUT2D eigenvalue weighted by Gasteiger charge is -2.26. The average molecular weight is 442 g/mol. The van der Waals surface area contributed by atoms with Crippen molar-refractivity contribution in [3.63, 3.8) is 0 Å². The fourth-order valence-corrected chi connectivity index (χ4v) is 4.41. The second kappa shape index (κ2) is 8.85. The zero-order chi connectivity index (χ0) is 21.9. The summed E-state index contributed by atoms with van der Waals surface area (Å²) in [7, 11) is 0. The Morgan fingerprint density at radius 2 is 1.75 bits per heavy atom. The van der Waals surface area contributed by atoms with E-state index in [-0.39, 0.29) is 12.1 Å². The molecule has 2 aromatic carbocycles. The Kier molecular flexibility index (Phi) is 5.60. The third-order valence-electron chi connectivity index (χ3n) is 5.50. The first-order valence-electron chi connectivity index (χ1n) is 10.6. The first kappa shape index (κ1) is 20.3. The van der Waals surface area contributed by atoms with Crippen LogP contribution in [0, 0.1) is 0 Å². The molecular weight excluding hydrogens is 418 g/mol. The zero-order valence-corrected chi connectivity index (χ0v) is 18.5. The number of furan rings is 1. The average Bonchev–Trinajstić information content (AvgIpc) is 3.45. The molecule has 0 bridgehead atoms. The molecule has 0 saturated carbocycles. The molecule has 0 spiro atoms. The van der Waals surface area contributed by atoms with Crippen LogP contribution < -0.4 is 15.0 Å². The summed E-state index contributed by atoms with van der Waals surface area (Å²) in [5.74, 6) is 2.47. The summed E-state index contributed by atoms with van der Waals surface area (Å²) in [4.78, 5) is 6.69. The Morgan fingerprint density at radius 3 is 2.47 bits per heavy atom. The van der Waals surface area contributed by atoms with E-state index in [2.05, 4.69) is 27.3 Å². The minimum Gasteiger partial charge on any atom is -0.494 e. The van der Waals surface area contributed by atoms with Crippen LogP contribution in [0.3, 0.4) is 0 Å². The topological polar surface area (TPSA) is 50.5 Å². The second-order valence-corrected chi connectivity index (χ2v) is 7.88. The lowest BCUT2D eigenvalue weighted by Crippen LogP contribution is -2.29. The Labute approximate surface area is 192 Å². The highest BCUT2D eigenvalue weighted by atomic mass is 32.1. The van der Waals surface area contributed by atoms with Crippen molar-refractivity contribution in [1.29, 1.82) is 0 Å². The van der Waals surface area contributed by atoms with Crippen molar-refractivity contribution in [2.45, 2.75) is 19.0 Å². The summed E-state index contributed by atoms with van der Waals surface area (Å²) in [6.45, 7) is 2.62. The SMILES string of the molecule is CCOc1ccc(-c2ccc([C@H]3[C@@H](c4ccccn4)NC(=S)N3c3ccccc3)o2)cc1. The maximum absolute atomic E-state index is 6.40. The fourth-order valence-electron chi connectivity index (χ4n) is 4.06. The molecule has 2 aromatic heterocycles. The van der Waals surface area contributed by atoms with Crippen LogP contribution in [0.1, 0.15) is 30.5 Å². The Hall–Kier alpha value is -3.64. The summed E-state index contributed by atoms with van der Waals surface area (Å²) in [5, 5.41) is 4.11. The first-order chi connectivity index (χ1) is 15.7. The number of pyridine rings is 1. The van der Waals surface area contributed by atoms with Crippen LogP contribution in [0.5, 0.6) is 5.75 Å². The molecule has 2 atom stereocenters. The fraction of sp³-hybridized carbons (Fsp3) is 0.154. The normalized spacial score (nSPS) is 17.9. The minimum absolute atomic E-state index is 0.136. The van der Waals surface area contributed by atoms with Gasteiger partial charge in [0.15, 0.2) is 5.11 Å². The van der Waals surface area contributed by atoms with E-state index in [1.54, 1.807) is 6.20 Å². The van der Waals surface area contributed by atoms with Gasteiger partial charge in [-0.1, -0.05) is 24.3 Å². The molecule has 0 unspecified atom stereocenters. The number of para-hydroxylation sites is 1. The smallest absolute Gasteiger partial charge is 0.174 e. The molecule has 5 nitrogen and oxygen atoms in total. The first-order valence-corrected chi connectivity index (χ1v) is 11.0. The van der Waals surface area contributed by atoms with E-state index in [1.165, 1.54) is 0 Å². The minimum atomic E-state index is -0.170. The lowest BCUT2D eigenvalue weighted by molar-refractivity contribution is 0.340. The predicted octanol–water partition coefficient (Wildman–Crippen LogP) is 5.92. The number of anilines is 1. The molecular formula is C26H23N3O2S. The number of nitrogens with zero attached hydrogens (tertiary/aromatic N) is 2. The van der Waals surface area contributed by atoms with E-state index in [0.29, 0.717) is 11.7 Å². The Balaban J connectivity index is 1.54. The van der Waals surface area contributed by atoms with Gasteiger partial charge in [-0.3, -0.25) is 4.98 Å². The molecule has 160 valence electrons. The number of benzene rings is 2. The largest absolute Gasteiger partial charge is 0.494 e. The highest BCUT2D eigenvalue weighted by Gasteiger charge is 2.42. The molecule has 1 aliphatic rings. The highest BCUT2D eigenvalue weighted by Crippen LogP contribution is 2.42. The van der Waals surface area contributed by atoms with Crippen LogP contribution in [0.2, 0.25) is 0 Å². The van der Waals surface area contributed by atoms with Crippen LogP contribution in [0.15, 0.2) is 95.5 Å². The van der Waals surface area contributed by atoms with E-state index in [9.17, 15) is 0 Å². The molecule has 5 rings (SSSR count). The Bertz CT molecular complexity index is 1190. The number of hydrogen-bond acceptors (Lipinski definition) is 4. The van der Waals surface area contributed by atoms with Gasteiger partial charge in [-0.2, -0.15) is 0 Å². The molecule has 0 amide bonds. The van der Waals surface area contributed by atoms with Gasteiger partial charge in [0.2, 0.25) is 0 Å². The van der Waals surface area contributed by atoms with E-state index < -0.39 is 0 Å². The summed E-state index contributed by atoms with van der Waals surface area (Å²) < 4.78 is 11.9. The van der Waals surface area contributed by atoms with Crippen molar-refractivity contribution < 1.29 is 9.15 Å². The Morgan fingerprint density at radius 1 is 0.969 bits per heavy atom. The molecule has 32 heavy (non-hydrogen) atoms. The maximum atomic E-state index is 6.40. The molecule has 4 aromatic rings. The summed E-state index contributed by atoms with van der Waals surface area (Å²) in [6, 6.07) is 27.7. The van der Waals surface area contributed by atoms with Gasteiger partial charge >= 0.3 is 0 Å². The summed E-state index contributed by atoms with van der Waals surface area (Å²) in [6.07, 6.45) is 1.80. The quantitative estimate of drug-likeness (QED) is 0.375. The van der Waals surface area contributed by atoms with Gasteiger partial charge in [-0.25, -0.2) is 0 Å². The predicted molar refractivity (Wildman–Crippen MR) is 130 cm³/mol. The van der Waals surface area contributed by atoms with E-state index in [0.717, 1.165) is 34.2 Å². The summed E-state index contributed by atoms with van der Waals surface area (Å²) in [5.41, 5.74) is 2.92. The second-order valence-electron chi connectivity index (χ2n) is 7.49. The molecule has 1 N–H and O–H groups in total. The van der Waals surface area contributed by atoms with E-state index in [1.807, 2.05) is 79.7 Å². The highest BCUT2D eigenvalue weighted by molar-refractivity contribution is 7.80. The van der Waals surface area contributed by atoms with Crippen LogP contribution in [-0.4, -0.2) is 16.7 Å². The maximum Gasteiger partial charge on any atom is 0.174 e. The zero-order valence-electron chi connectivity index (χ0n) is 17.6. The van der Waals surface area contributed by atoms with Crippen molar-refractivity contribution in [3.05, 3.63) is 103 Å². The summed E-state index contributed by atoms with van der Waals surface area (Å²) >= 11 is 5.75. The number of ether oxygens (including phenoxy) is 1. The third kappa shape index (κ3) is 3.85. The molecule has 0 radical (unpaired) electrons. The number of thiocarbonyl (C=S) groups is 1. The lowest BCUT2D eigenvalue weighted by atomic mass is 10.0. The van der Waals surface area contributed by atoms with Crippen LogP contribution in [0.4, 0.5) is 5.69 Å². The molecule has 1 saturated heterocycles. The molecule has 1 fully saturated rings. The van der Waals surface area contributed by atoms with Gasteiger partial charge < -0.3 is 19.4 Å². The van der Waals surface area contributed by atoms with Gasteiger partial charge in [0.25, 0.3) is 0 Å². The van der Waals surface area contributed by atoms with Crippen LogP contribution >= 0.6 is 12.2 Å². The van der Waals surface area contributed by atoms with Gasteiger partial charge in [0.05, 0.1) is 18.3 Å². The van der Waals surface area contributed by atoms with Crippen LogP contribution in [0.25, 0.3) is 11.3 Å².